The number of esters is 1. The summed E-state index contributed by atoms with van der Waals surface area (Å²) in [6.07, 6.45) is 0.326. The van der Waals surface area contributed by atoms with Crippen molar-refractivity contribution < 1.29 is 23.8 Å². The van der Waals surface area contributed by atoms with Gasteiger partial charge in [0.15, 0.2) is 0 Å². The van der Waals surface area contributed by atoms with Crippen molar-refractivity contribution >= 4 is 17.7 Å². The Bertz CT molecular complexity index is 734. The largest absolute Gasteiger partial charge is 0.508 e. The molecule has 0 aliphatic carbocycles. The second-order valence-electron chi connectivity index (χ2n) is 5.41. The van der Waals surface area contributed by atoms with E-state index in [-0.39, 0.29) is 18.0 Å². The van der Waals surface area contributed by atoms with Crippen LogP contribution in [-0.4, -0.2) is 30.8 Å². The van der Waals surface area contributed by atoms with E-state index in [4.69, 9.17) is 4.74 Å². The summed E-state index contributed by atoms with van der Waals surface area (Å²) in [5.41, 5.74) is 0.859. The minimum Gasteiger partial charge on any atom is -0.508 e. The summed E-state index contributed by atoms with van der Waals surface area (Å²) in [5.74, 6) is -1.51. The lowest BCUT2D eigenvalue weighted by atomic mass is 9.99. The van der Waals surface area contributed by atoms with Crippen LogP contribution >= 0.6 is 0 Å². The minimum atomic E-state index is -0.621. The molecule has 0 heterocycles. The van der Waals surface area contributed by atoms with Crippen LogP contribution < -0.4 is 10.6 Å². The number of amides is 2. The summed E-state index contributed by atoms with van der Waals surface area (Å²) in [4.78, 5) is 23.8. The fourth-order valence-corrected chi connectivity index (χ4v) is 2.27. The van der Waals surface area contributed by atoms with Gasteiger partial charge in [-0.1, -0.05) is 24.3 Å². The number of aromatic hydroxyl groups is 1. The van der Waals surface area contributed by atoms with Crippen LogP contribution in [0.2, 0.25) is 0 Å². The number of anilines is 1. The Balaban J connectivity index is 1.95. The number of hydrogen-bond donors (Lipinski definition) is 3. The van der Waals surface area contributed by atoms with E-state index < -0.39 is 23.7 Å². The Morgan fingerprint density at radius 2 is 1.84 bits per heavy atom. The van der Waals surface area contributed by atoms with Crippen LogP contribution in [0, 0.1) is 11.7 Å². The Kier molecular flexibility index (Phi) is 6.33. The lowest BCUT2D eigenvalue weighted by Gasteiger charge is -2.16. The molecule has 0 bridgehead atoms. The number of carbonyl (C=O) groups excluding carboxylic acids is 2. The highest BCUT2D eigenvalue weighted by atomic mass is 19.1. The van der Waals surface area contributed by atoms with Gasteiger partial charge in [0, 0.05) is 6.54 Å². The molecular formula is C18H19FN2O4. The zero-order chi connectivity index (χ0) is 18.2. The fourth-order valence-electron chi connectivity index (χ4n) is 2.27. The number of nitrogens with one attached hydrogen (secondary N) is 2. The topological polar surface area (TPSA) is 87.7 Å². The highest BCUT2D eigenvalue weighted by Gasteiger charge is 2.21. The second kappa shape index (κ2) is 8.68. The number of benzene rings is 2. The van der Waals surface area contributed by atoms with E-state index in [1.165, 1.54) is 37.4 Å². The number of carbonyl (C=O) groups is 2. The van der Waals surface area contributed by atoms with E-state index in [9.17, 15) is 19.1 Å². The monoisotopic (exact) mass is 346 g/mol. The number of urea groups is 1. The SMILES string of the molecule is COC(=O)[C@H](CNC(=O)Nc1ccccc1F)Cc1ccc(O)cc1. The molecule has 0 unspecified atom stereocenters. The molecule has 1 atom stereocenters. The molecule has 3 N–H and O–H groups in total. The zero-order valence-electron chi connectivity index (χ0n) is 13.7. The summed E-state index contributed by atoms with van der Waals surface area (Å²) in [6, 6.07) is 11.6. The molecule has 0 aromatic heterocycles. The van der Waals surface area contributed by atoms with Crippen LogP contribution in [0.25, 0.3) is 0 Å². The number of phenolic OH excluding ortho intramolecular Hbond substituents is 1. The Morgan fingerprint density at radius 3 is 2.48 bits per heavy atom. The molecule has 0 radical (unpaired) electrons. The van der Waals surface area contributed by atoms with Crippen molar-refractivity contribution in [1.29, 1.82) is 0 Å². The summed E-state index contributed by atoms with van der Waals surface area (Å²) < 4.78 is 18.3. The first-order valence-electron chi connectivity index (χ1n) is 7.64. The van der Waals surface area contributed by atoms with Gasteiger partial charge in [0.1, 0.15) is 11.6 Å². The molecular weight excluding hydrogens is 327 g/mol. The first-order chi connectivity index (χ1) is 12.0. The van der Waals surface area contributed by atoms with Gasteiger partial charge in [-0.25, -0.2) is 9.18 Å². The molecule has 0 fully saturated rings. The second-order valence-corrected chi connectivity index (χ2v) is 5.41. The van der Waals surface area contributed by atoms with E-state index in [0.717, 1.165) is 5.56 Å². The normalized spacial score (nSPS) is 11.4. The summed E-state index contributed by atoms with van der Waals surface area (Å²) in [6.45, 7) is 0.0217. The van der Waals surface area contributed by atoms with Gasteiger partial charge >= 0.3 is 12.0 Å². The first-order valence-corrected chi connectivity index (χ1v) is 7.64. The third-order valence-electron chi connectivity index (χ3n) is 3.58. The highest BCUT2D eigenvalue weighted by molar-refractivity contribution is 5.89. The number of halogens is 1. The molecule has 0 aliphatic heterocycles. The summed E-state index contributed by atoms with van der Waals surface area (Å²) >= 11 is 0. The molecule has 132 valence electrons. The Labute approximate surface area is 144 Å². The number of para-hydroxylation sites is 1. The molecule has 0 spiro atoms. The van der Waals surface area contributed by atoms with Crippen molar-refractivity contribution in [3.63, 3.8) is 0 Å². The van der Waals surface area contributed by atoms with E-state index in [0.29, 0.717) is 6.42 Å². The van der Waals surface area contributed by atoms with Gasteiger partial charge in [0.2, 0.25) is 0 Å². The van der Waals surface area contributed by atoms with Crippen molar-refractivity contribution in [3.05, 3.63) is 59.9 Å². The summed E-state index contributed by atoms with van der Waals surface area (Å²) in [7, 11) is 1.27. The van der Waals surface area contributed by atoms with Gasteiger partial charge in [0.05, 0.1) is 18.7 Å². The van der Waals surface area contributed by atoms with E-state index >= 15 is 0 Å². The predicted molar refractivity (Wildman–Crippen MR) is 90.7 cm³/mol. The smallest absolute Gasteiger partial charge is 0.319 e. The zero-order valence-corrected chi connectivity index (χ0v) is 13.7. The molecule has 2 rings (SSSR count). The highest BCUT2D eigenvalue weighted by Crippen LogP contribution is 2.15. The van der Waals surface area contributed by atoms with Crippen molar-refractivity contribution in [2.45, 2.75) is 6.42 Å². The van der Waals surface area contributed by atoms with Crippen LogP contribution in [-0.2, 0) is 16.0 Å². The third kappa shape index (κ3) is 5.49. The van der Waals surface area contributed by atoms with E-state index in [1.54, 1.807) is 18.2 Å². The average Bonchev–Trinajstić information content (AvgIpc) is 2.61. The van der Waals surface area contributed by atoms with Crippen molar-refractivity contribution in [3.8, 4) is 5.75 Å². The Morgan fingerprint density at radius 1 is 1.16 bits per heavy atom. The van der Waals surface area contributed by atoms with Crippen LogP contribution in [0.5, 0.6) is 5.75 Å². The average molecular weight is 346 g/mol. The van der Waals surface area contributed by atoms with Gasteiger partial charge < -0.3 is 20.5 Å². The van der Waals surface area contributed by atoms with Crippen LogP contribution in [0.4, 0.5) is 14.9 Å². The molecule has 2 amide bonds. The van der Waals surface area contributed by atoms with Gasteiger partial charge in [-0.2, -0.15) is 0 Å². The Hall–Kier alpha value is -3.09. The van der Waals surface area contributed by atoms with Gasteiger partial charge in [-0.3, -0.25) is 4.79 Å². The van der Waals surface area contributed by atoms with Gasteiger partial charge in [-0.15, -0.1) is 0 Å². The molecule has 0 saturated heterocycles. The van der Waals surface area contributed by atoms with Gasteiger partial charge in [-0.05, 0) is 36.2 Å². The molecule has 0 aliphatic rings. The quantitative estimate of drug-likeness (QED) is 0.702. The minimum absolute atomic E-state index is 0.0217. The third-order valence-corrected chi connectivity index (χ3v) is 3.58. The van der Waals surface area contributed by atoms with Crippen LogP contribution in [0.1, 0.15) is 5.56 Å². The lowest BCUT2D eigenvalue weighted by Crippen LogP contribution is -2.37. The van der Waals surface area contributed by atoms with Crippen molar-refractivity contribution in [2.24, 2.45) is 5.92 Å². The van der Waals surface area contributed by atoms with E-state index in [2.05, 4.69) is 10.6 Å². The van der Waals surface area contributed by atoms with Crippen LogP contribution in [0.15, 0.2) is 48.5 Å². The number of ether oxygens (including phenoxy) is 1. The molecule has 2 aromatic carbocycles. The maximum absolute atomic E-state index is 13.5. The standard InChI is InChI=1S/C18H19FN2O4/c1-25-17(23)13(10-12-6-8-14(22)9-7-12)11-20-18(24)21-16-5-3-2-4-15(16)19/h2-9,13,22H,10-11H2,1H3,(H2,20,21,24)/t13-/m0/s1. The maximum Gasteiger partial charge on any atom is 0.319 e. The molecule has 0 saturated carbocycles. The lowest BCUT2D eigenvalue weighted by molar-refractivity contribution is -0.145. The molecule has 2 aromatic rings. The van der Waals surface area contributed by atoms with E-state index in [1.807, 2.05) is 0 Å². The van der Waals surface area contributed by atoms with Crippen molar-refractivity contribution in [1.82, 2.24) is 5.32 Å². The van der Waals surface area contributed by atoms with Crippen LogP contribution in [0.3, 0.4) is 0 Å². The number of hydrogen-bond acceptors (Lipinski definition) is 4. The molecule has 7 heteroatoms. The van der Waals surface area contributed by atoms with Gasteiger partial charge in [0.25, 0.3) is 0 Å². The van der Waals surface area contributed by atoms with Crippen molar-refractivity contribution in [2.75, 3.05) is 19.0 Å². The predicted octanol–water partition coefficient (Wildman–Crippen LogP) is 2.68. The number of phenols is 1. The fraction of sp³-hybridized carbons (Fsp3) is 0.222. The molecule has 6 nitrogen and oxygen atoms in total. The summed E-state index contributed by atoms with van der Waals surface area (Å²) in [5, 5.41) is 14.2. The first kappa shape index (κ1) is 18.3. The number of methoxy groups -OCH3 is 1. The number of rotatable bonds is 6. The molecule has 25 heavy (non-hydrogen) atoms. The maximum atomic E-state index is 13.5.